The van der Waals surface area contributed by atoms with Crippen LogP contribution in [-0.2, 0) is 22.6 Å². The summed E-state index contributed by atoms with van der Waals surface area (Å²) in [7, 11) is 0. The zero-order valence-electron chi connectivity index (χ0n) is 13.2. The minimum atomic E-state index is -0.302. The van der Waals surface area contributed by atoms with Crippen molar-refractivity contribution in [3.8, 4) is 0 Å². The predicted octanol–water partition coefficient (Wildman–Crippen LogP) is 0.418. The van der Waals surface area contributed by atoms with Gasteiger partial charge in [-0.1, -0.05) is 60.7 Å². The van der Waals surface area contributed by atoms with Gasteiger partial charge in [0, 0.05) is 0 Å². The van der Waals surface area contributed by atoms with Crippen molar-refractivity contribution in [2.45, 2.75) is 20.0 Å². The van der Waals surface area contributed by atoms with E-state index in [1.165, 1.54) is 0 Å². The first-order valence-corrected chi connectivity index (χ1v) is 7.11. The molecule has 110 valence electrons. The van der Waals surface area contributed by atoms with E-state index in [4.69, 9.17) is 4.74 Å². The van der Waals surface area contributed by atoms with Gasteiger partial charge in [-0.15, -0.1) is 0 Å². The summed E-state index contributed by atoms with van der Waals surface area (Å²) in [4.78, 5) is 13.7. The molecule has 4 heteroatoms. The van der Waals surface area contributed by atoms with Crippen LogP contribution in [0.15, 0.2) is 60.7 Å². The number of nitrogens with zero attached hydrogens (tertiary/aromatic N) is 1. The fraction of sp³-hybridized carbons (Fsp3) is 0.222. The molecule has 2 rings (SSSR count). The molecule has 0 aliphatic carbocycles. The van der Waals surface area contributed by atoms with Gasteiger partial charge in [0.15, 0.2) is 5.97 Å². The molecule has 2 aromatic rings. The Morgan fingerprint density at radius 2 is 1.41 bits per heavy atom. The Kier molecular flexibility index (Phi) is 8.47. The smallest absolute Gasteiger partial charge is 0.487 e. The average Bonchev–Trinajstić information content (AvgIpc) is 2.49. The van der Waals surface area contributed by atoms with Crippen LogP contribution < -0.4 is 18.9 Å². The van der Waals surface area contributed by atoms with Crippen molar-refractivity contribution in [1.29, 1.82) is 0 Å². The van der Waals surface area contributed by atoms with E-state index >= 15 is 0 Å². The van der Waals surface area contributed by atoms with Gasteiger partial charge in [0.25, 0.3) is 0 Å². The van der Waals surface area contributed by atoms with Gasteiger partial charge in [-0.25, -0.2) is 6.54 Å². The Morgan fingerprint density at radius 3 is 1.82 bits per heavy atom. The van der Waals surface area contributed by atoms with Gasteiger partial charge in [-0.05, 0) is 31.1 Å². The number of esters is 1. The fourth-order valence-electron chi connectivity index (χ4n) is 2.11. The molecule has 0 radical (unpaired) electrons. The second kappa shape index (κ2) is 10.1. The monoisotopic (exact) mass is 289 g/mol. The zero-order valence-corrected chi connectivity index (χ0v) is 13.2. The first-order chi connectivity index (χ1) is 10.3. The maximum Gasteiger partial charge on any atom is 1.00 e. The molecule has 0 aliphatic rings. The van der Waals surface area contributed by atoms with E-state index in [0.29, 0.717) is 19.7 Å². The summed E-state index contributed by atoms with van der Waals surface area (Å²) in [6.45, 7) is 5.09. The Bertz CT molecular complexity index is 504. The van der Waals surface area contributed by atoms with Crippen LogP contribution >= 0.6 is 0 Å². The van der Waals surface area contributed by atoms with Crippen LogP contribution in [-0.4, -0.2) is 17.5 Å². The molecule has 0 heterocycles. The van der Waals surface area contributed by atoms with Crippen LogP contribution in [0.2, 0.25) is 0 Å². The van der Waals surface area contributed by atoms with Crippen molar-refractivity contribution < 1.29 is 28.4 Å². The fourth-order valence-corrected chi connectivity index (χ4v) is 2.11. The summed E-state index contributed by atoms with van der Waals surface area (Å²) in [6.07, 6.45) is 0. The van der Waals surface area contributed by atoms with E-state index < -0.39 is 0 Å². The van der Waals surface area contributed by atoms with Crippen molar-refractivity contribution in [2.75, 3.05) is 6.61 Å². The van der Waals surface area contributed by atoms with E-state index in [9.17, 15) is 4.79 Å². The summed E-state index contributed by atoms with van der Waals surface area (Å²) >= 11 is 0. The van der Waals surface area contributed by atoms with E-state index in [0.717, 1.165) is 11.1 Å². The molecule has 0 aromatic heterocycles. The van der Waals surface area contributed by atoms with Crippen molar-refractivity contribution in [3.63, 3.8) is 0 Å². The molecular formula is C18H20LiNO2. The number of carbonyl (C=O) groups excluding carboxylic acids is 1. The standard InChI is InChI=1S/C18H20NO2.Li/c1-2-21-18(20)15-19(13-16-9-5-3-6-10-16)14-17-11-7-4-8-12-17;/h3-12,15H,2,13-14H2,1H3;/q-1;+1. The number of rotatable bonds is 7. The third kappa shape index (κ3) is 6.40. The maximum absolute atomic E-state index is 11.7. The van der Waals surface area contributed by atoms with Crippen LogP contribution in [0.25, 0.3) is 0 Å². The number of carbonyl (C=O) groups is 1. The minimum Gasteiger partial charge on any atom is -0.487 e. The molecule has 0 bridgehead atoms. The van der Waals surface area contributed by atoms with Gasteiger partial charge in [0.05, 0.1) is 6.61 Å². The van der Waals surface area contributed by atoms with Crippen LogP contribution in [0.3, 0.4) is 0 Å². The Hall–Kier alpha value is -1.66. The molecule has 22 heavy (non-hydrogen) atoms. The molecule has 2 aromatic carbocycles. The van der Waals surface area contributed by atoms with E-state index in [1.807, 2.05) is 48.2 Å². The van der Waals surface area contributed by atoms with Gasteiger partial charge in [-0.3, -0.25) is 4.79 Å². The Labute approximate surface area is 144 Å². The molecule has 0 saturated carbocycles. The first kappa shape index (κ1) is 18.4. The summed E-state index contributed by atoms with van der Waals surface area (Å²) in [5.41, 5.74) is 2.32. The van der Waals surface area contributed by atoms with Gasteiger partial charge >= 0.3 is 18.9 Å². The van der Waals surface area contributed by atoms with Gasteiger partial charge in [-0.2, -0.15) is 0 Å². The number of hydrogen-bond donors (Lipinski definition) is 0. The molecule has 0 fully saturated rings. The Morgan fingerprint density at radius 1 is 0.955 bits per heavy atom. The average molecular weight is 289 g/mol. The number of benzene rings is 2. The summed E-state index contributed by atoms with van der Waals surface area (Å²) in [5, 5.41) is 0. The van der Waals surface area contributed by atoms with E-state index in [2.05, 4.69) is 24.3 Å². The Balaban J connectivity index is 0.00000242. The number of hydrogen-bond acceptors (Lipinski definition) is 3. The second-order valence-electron chi connectivity index (χ2n) is 4.76. The van der Waals surface area contributed by atoms with Crippen molar-refractivity contribution in [2.24, 2.45) is 0 Å². The third-order valence-electron chi connectivity index (χ3n) is 3.03. The first-order valence-electron chi connectivity index (χ1n) is 7.11. The molecule has 3 nitrogen and oxygen atoms in total. The third-order valence-corrected chi connectivity index (χ3v) is 3.03. The van der Waals surface area contributed by atoms with Crippen LogP contribution in [0.1, 0.15) is 18.1 Å². The molecule has 0 aliphatic heterocycles. The van der Waals surface area contributed by atoms with Gasteiger partial charge < -0.3 is 9.64 Å². The van der Waals surface area contributed by atoms with Crippen molar-refractivity contribution in [1.82, 2.24) is 4.90 Å². The minimum absolute atomic E-state index is 0. The molecule has 0 spiro atoms. The molecular weight excluding hydrogens is 269 g/mol. The summed E-state index contributed by atoms with van der Waals surface area (Å²) in [5.74, 6) is -0.302. The van der Waals surface area contributed by atoms with Gasteiger partial charge in [0.1, 0.15) is 0 Å². The largest absolute Gasteiger partial charge is 1.00 e. The topological polar surface area (TPSA) is 29.5 Å². The second-order valence-corrected chi connectivity index (χ2v) is 4.76. The van der Waals surface area contributed by atoms with E-state index in [1.54, 1.807) is 6.54 Å². The maximum atomic E-state index is 11.7. The summed E-state index contributed by atoms with van der Waals surface area (Å²) in [6, 6.07) is 20.2. The van der Waals surface area contributed by atoms with Crippen molar-refractivity contribution >= 4 is 5.97 Å². The predicted molar refractivity (Wildman–Crippen MR) is 83.1 cm³/mol. The molecule has 0 amide bonds. The zero-order chi connectivity index (χ0) is 14.9. The SMILES string of the molecule is CCOC(=O)[CH-]N(Cc1ccccc1)Cc1ccccc1.[Li+]. The quantitative estimate of drug-likeness (QED) is 0.420. The number of ether oxygens (including phenoxy) is 1. The van der Waals surface area contributed by atoms with Crippen LogP contribution in [0, 0.1) is 6.54 Å². The summed E-state index contributed by atoms with van der Waals surface area (Å²) < 4.78 is 5.01. The molecule has 0 saturated heterocycles. The normalized spacial score (nSPS) is 9.91. The van der Waals surface area contributed by atoms with E-state index in [-0.39, 0.29) is 24.8 Å². The molecule has 0 atom stereocenters. The van der Waals surface area contributed by atoms with Crippen LogP contribution in [0.5, 0.6) is 0 Å². The van der Waals surface area contributed by atoms with Crippen LogP contribution in [0.4, 0.5) is 0 Å². The van der Waals surface area contributed by atoms with Gasteiger partial charge in [0.2, 0.25) is 0 Å². The van der Waals surface area contributed by atoms with Crippen molar-refractivity contribution in [3.05, 3.63) is 78.3 Å². The molecule has 0 unspecified atom stereocenters. The molecule has 0 N–H and O–H groups in total.